The maximum Gasteiger partial charge on any atom is 0.0795 e. The molecule has 0 radical (unpaired) electrons. The van der Waals surface area contributed by atoms with E-state index < -0.39 is 0 Å². The molecule has 0 saturated carbocycles. The van der Waals surface area contributed by atoms with Gasteiger partial charge in [-0.1, -0.05) is 24.3 Å². The van der Waals surface area contributed by atoms with E-state index in [0.717, 1.165) is 25.2 Å². The molecule has 4 heteroatoms. The summed E-state index contributed by atoms with van der Waals surface area (Å²) < 4.78 is 0. The summed E-state index contributed by atoms with van der Waals surface area (Å²) in [7, 11) is 0. The van der Waals surface area contributed by atoms with Gasteiger partial charge in [-0.15, -0.1) is 11.3 Å². The summed E-state index contributed by atoms with van der Waals surface area (Å²) >= 11 is 1.63. The van der Waals surface area contributed by atoms with Crippen LogP contribution in [0, 0.1) is 0 Å². The van der Waals surface area contributed by atoms with E-state index in [0.29, 0.717) is 6.54 Å². The van der Waals surface area contributed by atoms with Gasteiger partial charge >= 0.3 is 0 Å². The quantitative estimate of drug-likeness (QED) is 0.767. The van der Waals surface area contributed by atoms with Crippen molar-refractivity contribution in [2.45, 2.75) is 19.5 Å². The fraction of sp³-hybridized carbons (Fsp3) is 0.308. The van der Waals surface area contributed by atoms with E-state index in [2.05, 4.69) is 33.9 Å². The molecular formula is C13H17N3S. The molecule has 0 amide bonds. The SMILES string of the molecule is NCc1ccccc1CCNCc1cscn1. The summed E-state index contributed by atoms with van der Waals surface area (Å²) in [6.07, 6.45) is 1.01. The average Bonchev–Trinajstić information content (AvgIpc) is 2.88. The number of nitrogens with one attached hydrogen (secondary N) is 1. The first-order chi connectivity index (χ1) is 8.40. The van der Waals surface area contributed by atoms with Gasteiger partial charge < -0.3 is 11.1 Å². The molecule has 0 unspecified atom stereocenters. The third-order valence-electron chi connectivity index (χ3n) is 2.70. The zero-order chi connectivity index (χ0) is 11.9. The topological polar surface area (TPSA) is 50.9 Å². The van der Waals surface area contributed by atoms with E-state index in [1.54, 1.807) is 11.3 Å². The third-order valence-corrected chi connectivity index (χ3v) is 3.33. The smallest absolute Gasteiger partial charge is 0.0795 e. The van der Waals surface area contributed by atoms with Crippen molar-refractivity contribution in [1.29, 1.82) is 0 Å². The number of rotatable bonds is 6. The lowest BCUT2D eigenvalue weighted by molar-refractivity contribution is 0.675. The highest BCUT2D eigenvalue weighted by atomic mass is 32.1. The van der Waals surface area contributed by atoms with Crippen LogP contribution in [0.25, 0.3) is 0 Å². The van der Waals surface area contributed by atoms with Gasteiger partial charge in [0.1, 0.15) is 0 Å². The molecule has 0 aliphatic heterocycles. The Labute approximate surface area is 106 Å². The molecule has 0 bridgehead atoms. The largest absolute Gasteiger partial charge is 0.326 e. The second-order valence-corrected chi connectivity index (χ2v) is 4.60. The Balaban J connectivity index is 1.78. The summed E-state index contributed by atoms with van der Waals surface area (Å²) in [5, 5.41) is 5.46. The van der Waals surface area contributed by atoms with Crippen molar-refractivity contribution in [3.63, 3.8) is 0 Å². The predicted molar refractivity (Wildman–Crippen MR) is 71.9 cm³/mol. The molecule has 0 aliphatic rings. The van der Waals surface area contributed by atoms with Crippen LogP contribution in [0.15, 0.2) is 35.2 Å². The lowest BCUT2D eigenvalue weighted by atomic mass is 10.0. The first kappa shape index (κ1) is 12.2. The minimum atomic E-state index is 0.613. The van der Waals surface area contributed by atoms with Crippen molar-refractivity contribution in [2.24, 2.45) is 5.73 Å². The zero-order valence-corrected chi connectivity index (χ0v) is 10.5. The highest BCUT2D eigenvalue weighted by Crippen LogP contribution is 2.08. The van der Waals surface area contributed by atoms with Gasteiger partial charge in [-0.25, -0.2) is 4.98 Å². The van der Waals surface area contributed by atoms with Crippen LogP contribution in [0.5, 0.6) is 0 Å². The molecule has 1 heterocycles. The molecule has 0 saturated heterocycles. The van der Waals surface area contributed by atoms with Crippen LogP contribution in [-0.2, 0) is 19.5 Å². The van der Waals surface area contributed by atoms with Crippen molar-refractivity contribution in [2.75, 3.05) is 6.54 Å². The molecule has 90 valence electrons. The van der Waals surface area contributed by atoms with E-state index in [-0.39, 0.29) is 0 Å². The van der Waals surface area contributed by atoms with E-state index in [1.165, 1.54) is 11.1 Å². The molecule has 1 aromatic heterocycles. The van der Waals surface area contributed by atoms with Crippen LogP contribution in [0.1, 0.15) is 16.8 Å². The fourth-order valence-corrected chi connectivity index (χ4v) is 2.32. The fourth-order valence-electron chi connectivity index (χ4n) is 1.76. The van der Waals surface area contributed by atoms with Gasteiger partial charge in [0.05, 0.1) is 11.2 Å². The lowest BCUT2D eigenvalue weighted by Crippen LogP contribution is -2.17. The highest BCUT2D eigenvalue weighted by molar-refractivity contribution is 7.07. The Morgan fingerprint density at radius 1 is 1.24 bits per heavy atom. The number of nitrogens with zero attached hydrogens (tertiary/aromatic N) is 1. The van der Waals surface area contributed by atoms with E-state index in [4.69, 9.17) is 5.73 Å². The summed E-state index contributed by atoms with van der Waals surface area (Å²) in [5.41, 5.74) is 11.3. The zero-order valence-electron chi connectivity index (χ0n) is 9.73. The maximum absolute atomic E-state index is 5.70. The molecule has 1 aromatic carbocycles. The van der Waals surface area contributed by atoms with Gasteiger partial charge in [-0.2, -0.15) is 0 Å². The molecule has 3 N–H and O–H groups in total. The van der Waals surface area contributed by atoms with Gasteiger partial charge in [0, 0.05) is 18.5 Å². The summed E-state index contributed by atoms with van der Waals surface area (Å²) in [6.45, 7) is 2.41. The van der Waals surface area contributed by atoms with Gasteiger partial charge in [0.25, 0.3) is 0 Å². The van der Waals surface area contributed by atoms with Gasteiger partial charge in [-0.05, 0) is 24.1 Å². The minimum absolute atomic E-state index is 0.613. The number of aromatic nitrogens is 1. The van der Waals surface area contributed by atoms with Crippen LogP contribution < -0.4 is 11.1 Å². The maximum atomic E-state index is 5.70. The normalized spacial score (nSPS) is 10.6. The Kier molecular flexibility index (Phi) is 4.67. The molecule has 0 fully saturated rings. The second-order valence-electron chi connectivity index (χ2n) is 3.88. The summed E-state index contributed by atoms with van der Waals surface area (Å²) in [5.74, 6) is 0. The molecule has 0 atom stereocenters. The Hall–Kier alpha value is -1.23. The van der Waals surface area contributed by atoms with E-state index in [9.17, 15) is 0 Å². The monoisotopic (exact) mass is 247 g/mol. The Morgan fingerprint density at radius 2 is 2.06 bits per heavy atom. The van der Waals surface area contributed by atoms with Gasteiger partial charge in [0.15, 0.2) is 0 Å². The first-order valence-corrected chi connectivity index (χ1v) is 6.69. The van der Waals surface area contributed by atoms with E-state index in [1.807, 2.05) is 11.6 Å². The Morgan fingerprint density at radius 3 is 2.76 bits per heavy atom. The first-order valence-electron chi connectivity index (χ1n) is 5.75. The summed E-state index contributed by atoms with van der Waals surface area (Å²) in [6, 6.07) is 8.34. The molecule has 0 spiro atoms. The van der Waals surface area contributed by atoms with Crippen molar-refractivity contribution in [3.05, 3.63) is 52.0 Å². The van der Waals surface area contributed by atoms with Crippen LogP contribution >= 0.6 is 11.3 Å². The number of benzene rings is 1. The van der Waals surface area contributed by atoms with Crippen molar-refractivity contribution in [3.8, 4) is 0 Å². The van der Waals surface area contributed by atoms with Crippen LogP contribution in [0.2, 0.25) is 0 Å². The molecule has 2 rings (SSSR count). The molecule has 0 aliphatic carbocycles. The number of hydrogen-bond acceptors (Lipinski definition) is 4. The Bertz CT molecular complexity index is 440. The van der Waals surface area contributed by atoms with Gasteiger partial charge in [-0.3, -0.25) is 0 Å². The summed E-state index contributed by atoms with van der Waals surface area (Å²) in [4.78, 5) is 4.23. The van der Waals surface area contributed by atoms with Crippen molar-refractivity contribution < 1.29 is 0 Å². The van der Waals surface area contributed by atoms with E-state index >= 15 is 0 Å². The highest BCUT2D eigenvalue weighted by Gasteiger charge is 1.99. The van der Waals surface area contributed by atoms with Crippen molar-refractivity contribution >= 4 is 11.3 Å². The van der Waals surface area contributed by atoms with Crippen LogP contribution in [0.3, 0.4) is 0 Å². The molecule has 2 aromatic rings. The minimum Gasteiger partial charge on any atom is -0.326 e. The standard InChI is InChI=1S/C13H17N3S/c14-7-12-4-2-1-3-11(12)5-6-15-8-13-9-17-10-16-13/h1-4,9-10,15H,5-8,14H2. The van der Waals surface area contributed by atoms with Gasteiger partial charge in [0.2, 0.25) is 0 Å². The number of hydrogen-bond donors (Lipinski definition) is 2. The predicted octanol–water partition coefficient (Wildman–Crippen LogP) is 1.93. The van der Waals surface area contributed by atoms with Crippen molar-refractivity contribution in [1.82, 2.24) is 10.3 Å². The number of nitrogens with two attached hydrogens (primary N) is 1. The third kappa shape index (κ3) is 3.63. The lowest BCUT2D eigenvalue weighted by Gasteiger charge is -2.07. The number of thiazole rings is 1. The molecule has 3 nitrogen and oxygen atoms in total. The average molecular weight is 247 g/mol. The molecule has 17 heavy (non-hydrogen) atoms. The van der Waals surface area contributed by atoms with Crippen LogP contribution in [0.4, 0.5) is 0 Å². The molecular weight excluding hydrogens is 230 g/mol. The van der Waals surface area contributed by atoms with Crippen LogP contribution in [-0.4, -0.2) is 11.5 Å². The second kappa shape index (κ2) is 6.49.